The molecule has 37 heavy (non-hydrogen) atoms. The van der Waals surface area contributed by atoms with Crippen LogP contribution in [0.25, 0.3) is 21.9 Å². The van der Waals surface area contributed by atoms with E-state index < -0.39 is 11.9 Å². The Balaban J connectivity index is 1.28. The van der Waals surface area contributed by atoms with Gasteiger partial charge in [-0.15, -0.1) is 0 Å². The van der Waals surface area contributed by atoms with Gasteiger partial charge in [0.1, 0.15) is 19.0 Å². The molecule has 1 fully saturated rings. The molecule has 0 saturated carbocycles. The Kier molecular flexibility index (Phi) is 6.16. The molecule has 0 spiro atoms. The third-order valence-electron chi connectivity index (χ3n) is 7.31. The highest BCUT2D eigenvalue weighted by molar-refractivity contribution is 6.07. The van der Waals surface area contributed by atoms with Gasteiger partial charge in [0.25, 0.3) is 0 Å². The van der Waals surface area contributed by atoms with Crippen LogP contribution in [0.2, 0.25) is 0 Å². The molecule has 2 unspecified atom stereocenters. The van der Waals surface area contributed by atoms with Crippen LogP contribution in [-0.2, 0) is 33.0 Å². The number of benzene rings is 4. The highest BCUT2D eigenvalue weighted by Gasteiger charge is 2.37. The lowest BCUT2D eigenvalue weighted by Gasteiger charge is -2.36. The quantitative estimate of drug-likeness (QED) is 0.344. The summed E-state index contributed by atoms with van der Waals surface area (Å²) in [5.41, 5.74) is 4.40. The summed E-state index contributed by atoms with van der Waals surface area (Å²) in [5.74, 6) is 0.409. The Labute approximate surface area is 215 Å². The molecule has 2 aliphatic heterocycles. The summed E-state index contributed by atoms with van der Waals surface area (Å²) < 4.78 is 22.4. The topological polar surface area (TPSA) is 74.2 Å². The Morgan fingerprint density at radius 1 is 1.03 bits per heavy atom. The first-order valence-corrected chi connectivity index (χ1v) is 12.5. The lowest BCUT2D eigenvalue weighted by Crippen LogP contribution is -2.39. The zero-order valence-corrected chi connectivity index (χ0v) is 20.6. The maximum absolute atomic E-state index is 12.4. The van der Waals surface area contributed by atoms with Crippen molar-refractivity contribution < 1.29 is 28.8 Å². The van der Waals surface area contributed by atoms with Gasteiger partial charge in [-0.3, -0.25) is 0 Å². The molecular weight excluding hydrogens is 468 g/mol. The van der Waals surface area contributed by atoms with Crippen LogP contribution in [0.4, 0.5) is 0 Å². The maximum atomic E-state index is 12.4. The molecule has 2 atom stereocenters. The van der Waals surface area contributed by atoms with E-state index in [9.17, 15) is 9.90 Å². The van der Waals surface area contributed by atoms with Gasteiger partial charge in [0.15, 0.2) is 6.29 Å². The van der Waals surface area contributed by atoms with Gasteiger partial charge < -0.3 is 24.1 Å². The maximum Gasteiger partial charge on any atom is 0.338 e. The number of fused-ring (bicyclic) bond motifs is 2. The first-order valence-electron chi connectivity index (χ1n) is 12.5. The fourth-order valence-corrected chi connectivity index (χ4v) is 5.33. The number of carbonyl (C=O) groups is 1. The standard InChI is InChI=1S/C31H28O6/c1-34-28-17-31(33,12-13-35-28)23-9-5-6-20(14-23)18-36-24-10-11-25-22(15-24)16-26-27(19-37-30(26)32)29(25)21-7-3-2-4-8-21/h2-11,14-16,28,33H,12-13,17-19H2,1H3. The van der Waals surface area contributed by atoms with Crippen LogP contribution in [0.1, 0.15) is 39.9 Å². The number of carbonyl (C=O) groups excluding carboxylic acids is 1. The van der Waals surface area contributed by atoms with Crippen LogP contribution in [-0.4, -0.2) is 31.1 Å². The van der Waals surface area contributed by atoms with Gasteiger partial charge in [0, 0.05) is 25.5 Å². The van der Waals surface area contributed by atoms with Crippen LogP contribution < -0.4 is 4.74 Å². The third-order valence-corrected chi connectivity index (χ3v) is 7.31. The monoisotopic (exact) mass is 496 g/mol. The molecule has 1 saturated heterocycles. The molecule has 6 heteroatoms. The zero-order chi connectivity index (χ0) is 25.4. The number of aliphatic hydroxyl groups is 1. The molecule has 2 aliphatic rings. The molecule has 0 amide bonds. The molecule has 0 bridgehead atoms. The van der Waals surface area contributed by atoms with E-state index in [0.717, 1.165) is 38.6 Å². The van der Waals surface area contributed by atoms with Crippen LogP contribution in [0.5, 0.6) is 5.75 Å². The Morgan fingerprint density at radius 3 is 2.73 bits per heavy atom. The number of hydrogen-bond acceptors (Lipinski definition) is 6. The average Bonchev–Trinajstić information content (AvgIpc) is 3.31. The molecule has 6 rings (SSSR count). The average molecular weight is 497 g/mol. The summed E-state index contributed by atoms with van der Waals surface area (Å²) in [6, 6.07) is 25.8. The number of rotatable bonds is 6. The lowest BCUT2D eigenvalue weighted by molar-refractivity contribution is -0.202. The molecule has 6 nitrogen and oxygen atoms in total. The van der Waals surface area contributed by atoms with E-state index in [-0.39, 0.29) is 12.6 Å². The van der Waals surface area contributed by atoms with Crippen molar-refractivity contribution in [1.82, 2.24) is 0 Å². The first kappa shape index (κ1) is 23.7. The van der Waals surface area contributed by atoms with Crippen LogP contribution in [0.3, 0.4) is 0 Å². The van der Waals surface area contributed by atoms with E-state index in [1.807, 2.05) is 66.7 Å². The minimum atomic E-state index is -0.999. The molecule has 0 aromatic heterocycles. The summed E-state index contributed by atoms with van der Waals surface area (Å²) >= 11 is 0. The summed E-state index contributed by atoms with van der Waals surface area (Å²) in [5, 5.41) is 13.2. The number of esters is 1. The summed E-state index contributed by atoms with van der Waals surface area (Å²) in [6.07, 6.45) is 0.476. The fourth-order valence-electron chi connectivity index (χ4n) is 5.33. The number of ether oxygens (including phenoxy) is 4. The SMILES string of the molecule is COC1CC(O)(c2cccc(COc3ccc4c(-c5ccccc5)c5c(cc4c3)C(=O)OC5)c2)CCO1. The van der Waals surface area contributed by atoms with Crippen LogP contribution in [0.15, 0.2) is 78.9 Å². The van der Waals surface area contributed by atoms with Crippen molar-refractivity contribution in [3.05, 3.63) is 101 Å². The molecule has 4 aromatic carbocycles. The number of cyclic esters (lactones) is 1. The van der Waals surface area contributed by atoms with Gasteiger partial charge in [0.2, 0.25) is 0 Å². The third kappa shape index (κ3) is 4.48. The highest BCUT2D eigenvalue weighted by Crippen LogP contribution is 2.39. The van der Waals surface area contributed by atoms with E-state index in [1.54, 1.807) is 7.11 Å². The van der Waals surface area contributed by atoms with Crippen molar-refractivity contribution in [3.63, 3.8) is 0 Å². The van der Waals surface area contributed by atoms with Gasteiger partial charge in [0.05, 0.1) is 17.8 Å². The molecule has 1 N–H and O–H groups in total. The van der Waals surface area contributed by atoms with Crippen molar-refractivity contribution in [2.24, 2.45) is 0 Å². The smallest absolute Gasteiger partial charge is 0.338 e. The molecular formula is C31H28O6. The van der Waals surface area contributed by atoms with Gasteiger partial charge >= 0.3 is 5.97 Å². The summed E-state index contributed by atoms with van der Waals surface area (Å²) in [7, 11) is 1.59. The van der Waals surface area contributed by atoms with Gasteiger partial charge in [-0.1, -0.05) is 54.6 Å². The Hall–Kier alpha value is -3.71. The van der Waals surface area contributed by atoms with Crippen molar-refractivity contribution in [1.29, 1.82) is 0 Å². The molecule has 188 valence electrons. The summed E-state index contributed by atoms with van der Waals surface area (Å²) in [4.78, 5) is 12.4. The fraction of sp³-hybridized carbons (Fsp3) is 0.258. The largest absolute Gasteiger partial charge is 0.489 e. The van der Waals surface area contributed by atoms with E-state index in [1.165, 1.54) is 0 Å². The first-order chi connectivity index (χ1) is 18.0. The van der Waals surface area contributed by atoms with E-state index in [4.69, 9.17) is 18.9 Å². The highest BCUT2D eigenvalue weighted by atomic mass is 16.7. The van der Waals surface area contributed by atoms with Gasteiger partial charge in [-0.2, -0.15) is 0 Å². The van der Waals surface area contributed by atoms with E-state index >= 15 is 0 Å². The number of methoxy groups -OCH3 is 1. The minimum Gasteiger partial charge on any atom is -0.489 e. The van der Waals surface area contributed by atoms with Crippen LogP contribution >= 0.6 is 0 Å². The Morgan fingerprint density at radius 2 is 1.89 bits per heavy atom. The summed E-state index contributed by atoms with van der Waals surface area (Å²) in [6.45, 7) is 1.07. The predicted octanol–water partition coefficient (Wildman–Crippen LogP) is 5.73. The molecule has 4 aromatic rings. The van der Waals surface area contributed by atoms with Crippen molar-refractivity contribution in [2.45, 2.75) is 37.9 Å². The van der Waals surface area contributed by atoms with Gasteiger partial charge in [-0.05, 0) is 57.3 Å². The lowest BCUT2D eigenvalue weighted by atomic mass is 9.85. The van der Waals surface area contributed by atoms with E-state index in [0.29, 0.717) is 37.4 Å². The van der Waals surface area contributed by atoms with Crippen molar-refractivity contribution >= 4 is 16.7 Å². The Bertz CT molecular complexity index is 1460. The second-order valence-corrected chi connectivity index (χ2v) is 9.61. The van der Waals surface area contributed by atoms with Crippen molar-refractivity contribution in [2.75, 3.05) is 13.7 Å². The normalized spacial score (nSPS) is 21.0. The molecule has 0 radical (unpaired) electrons. The van der Waals surface area contributed by atoms with E-state index in [2.05, 4.69) is 12.1 Å². The number of hydrogen-bond donors (Lipinski definition) is 1. The zero-order valence-electron chi connectivity index (χ0n) is 20.6. The van der Waals surface area contributed by atoms with Gasteiger partial charge in [-0.25, -0.2) is 4.79 Å². The molecule has 0 aliphatic carbocycles. The minimum absolute atomic E-state index is 0.284. The van der Waals surface area contributed by atoms with Crippen molar-refractivity contribution in [3.8, 4) is 16.9 Å². The second kappa shape index (κ2) is 9.63. The predicted molar refractivity (Wildman–Crippen MR) is 139 cm³/mol. The van der Waals surface area contributed by atoms with Crippen LogP contribution in [0, 0.1) is 0 Å². The molecule has 2 heterocycles. The second-order valence-electron chi connectivity index (χ2n) is 9.61.